The fourth-order valence-corrected chi connectivity index (χ4v) is 3.14. The van der Waals surface area contributed by atoms with Gasteiger partial charge in [0.05, 0.1) is 16.3 Å². The normalized spacial score (nSPS) is 18.5. The maximum atomic E-state index is 13.5. The first-order valence-electron chi connectivity index (χ1n) is 8.54. The Bertz CT molecular complexity index is 776. The average molecular weight is 457 g/mol. The highest BCUT2D eigenvalue weighted by atomic mass is 35.5. The van der Waals surface area contributed by atoms with E-state index in [9.17, 15) is 23.2 Å². The molecule has 2 fully saturated rings. The molecule has 0 aromatic carbocycles. The number of primary amides is 1. The third-order valence-electron chi connectivity index (χ3n) is 4.38. The maximum Gasteiger partial charge on any atom is 0.304 e. The van der Waals surface area contributed by atoms with E-state index in [1.54, 1.807) is 4.90 Å². The average Bonchev–Trinajstić information content (AvgIpc) is 3.43. The molecule has 0 radical (unpaired) electrons. The number of hydrogen-bond donors (Lipinski definition) is 1. The molecule has 6 nitrogen and oxygen atoms in total. The molecule has 0 bridgehead atoms. The number of anilines is 1. The van der Waals surface area contributed by atoms with Crippen LogP contribution in [0.3, 0.4) is 0 Å². The zero-order chi connectivity index (χ0) is 21.1. The van der Waals surface area contributed by atoms with Crippen LogP contribution >= 0.6 is 34.8 Å². The molecule has 1 aliphatic heterocycles. The van der Waals surface area contributed by atoms with Gasteiger partial charge < -0.3 is 10.6 Å². The lowest BCUT2D eigenvalue weighted by Gasteiger charge is -2.24. The fraction of sp³-hybridized carbons (Fsp3) is 0.529. The van der Waals surface area contributed by atoms with Crippen LogP contribution in [0.15, 0.2) is 6.07 Å². The molecule has 28 heavy (non-hydrogen) atoms. The molecule has 1 saturated carbocycles. The summed E-state index contributed by atoms with van der Waals surface area (Å²) in [5.41, 5.74) is 6.37. The van der Waals surface area contributed by atoms with E-state index in [2.05, 4.69) is 28.2 Å². The quantitative estimate of drug-likeness (QED) is 0.548. The second-order valence-corrected chi connectivity index (χ2v) is 7.70. The van der Waals surface area contributed by atoms with Gasteiger partial charge >= 0.3 is 10.5 Å². The predicted molar refractivity (Wildman–Crippen MR) is 102 cm³/mol. The molecule has 0 unspecified atom stereocenters. The minimum Gasteiger partial charge on any atom is -0.365 e. The Kier molecular flexibility index (Phi) is 7.59. The Balaban J connectivity index is 0.000000409. The molecular weight excluding hydrogens is 439 g/mol. The summed E-state index contributed by atoms with van der Waals surface area (Å²) in [6.45, 7) is 0.598. The first-order valence-corrected chi connectivity index (χ1v) is 9.67. The summed E-state index contributed by atoms with van der Waals surface area (Å²) >= 11 is 15.2. The number of halogens is 5. The monoisotopic (exact) mass is 455 g/mol. The zero-order valence-electron chi connectivity index (χ0n) is 14.7. The van der Waals surface area contributed by atoms with Crippen LogP contribution in [0.5, 0.6) is 0 Å². The Morgan fingerprint density at radius 3 is 2.25 bits per heavy atom. The summed E-state index contributed by atoms with van der Waals surface area (Å²) in [6.07, 6.45) is 2.00. The fourth-order valence-electron chi connectivity index (χ4n) is 2.83. The van der Waals surface area contributed by atoms with Gasteiger partial charge in [0.15, 0.2) is 0 Å². The van der Waals surface area contributed by atoms with E-state index < -0.39 is 22.3 Å². The summed E-state index contributed by atoms with van der Waals surface area (Å²) < 4.78 is 27.1. The number of hydrogen-bond acceptors (Lipinski definition) is 5. The number of nitrogens with two attached hydrogens (primary N) is 1. The van der Waals surface area contributed by atoms with Crippen molar-refractivity contribution in [2.75, 3.05) is 18.0 Å². The Morgan fingerprint density at radius 1 is 1.14 bits per heavy atom. The van der Waals surface area contributed by atoms with Gasteiger partial charge in [-0.05, 0) is 48.5 Å². The molecule has 1 aromatic heterocycles. The molecule has 2 aliphatic rings. The van der Waals surface area contributed by atoms with Gasteiger partial charge in [-0.3, -0.25) is 14.4 Å². The van der Waals surface area contributed by atoms with Crippen molar-refractivity contribution >= 4 is 57.0 Å². The molecule has 1 aliphatic carbocycles. The first-order chi connectivity index (χ1) is 13.0. The predicted octanol–water partition coefficient (Wildman–Crippen LogP) is 3.85. The Labute approximate surface area is 175 Å². The van der Waals surface area contributed by atoms with E-state index in [1.807, 2.05) is 0 Å². The van der Waals surface area contributed by atoms with Gasteiger partial charge in [0.25, 0.3) is 5.91 Å². The summed E-state index contributed by atoms with van der Waals surface area (Å²) in [6, 6.07) is 1.53. The van der Waals surface area contributed by atoms with Crippen LogP contribution in [0.4, 0.5) is 14.6 Å². The van der Waals surface area contributed by atoms with Crippen molar-refractivity contribution < 1.29 is 23.2 Å². The minimum atomic E-state index is -2.66. The number of carbonyl (C=O) groups excluding carboxylic acids is 3. The lowest BCUT2D eigenvalue weighted by atomic mass is 10.1. The number of alkyl halides is 2. The summed E-state index contributed by atoms with van der Waals surface area (Å²) in [5, 5.41) is -1.85. The standard InChI is InChI=1S/C15H18ClF2N3O.C2Cl2O2/c16-11-8-10(13(19)22)14(20-12(11)9-2-3-9)21-6-1-4-15(17,18)5-7-21;3-1(5)2(4)6/h8-9H,1-7H2,(H2,19,22);. The Hall–Kier alpha value is -1.51. The third-order valence-corrected chi connectivity index (χ3v) is 5.13. The largest absolute Gasteiger partial charge is 0.365 e. The molecule has 154 valence electrons. The second-order valence-electron chi connectivity index (χ2n) is 6.61. The van der Waals surface area contributed by atoms with Crippen LogP contribution in [-0.2, 0) is 9.59 Å². The highest BCUT2D eigenvalue weighted by Crippen LogP contribution is 2.43. The second kappa shape index (κ2) is 9.33. The van der Waals surface area contributed by atoms with Gasteiger partial charge in [0.2, 0.25) is 5.92 Å². The molecule has 1 aromatic rings. The smallest absolute Gasteiger partial charge is 0.304 e. The van der Waals surface area contributed by atoms with E-state index in [1.165, 1.54) is 6.07 Å². The van der Waals surface area contributed by atoms with E-state index in [0.29, 0.717) is 29.7 Å². The highest BCUT2D eigenvalue weighted by Gasteiger charge is 2.34. The molecule has 1 saturated heterocycles. The van der Waals surface area contributed by atoms with Gasteiger partial charge in [0.1, 0.15) is 5.82 Å². The van der Waals surface area contributed by atoms with E-state index in [-0.39, 0.29) is 24.9 Å². The van der Waals surface area contributed by atoms with Crippen LogP contribution in [0.2, 0.25) is 5.02 Å². The van der Waals surface area contributed by atoms with Gasteiger partial charge in [0, 0.05) is 31.8 Å². The molecule has 3 rings (SSSR count). The number of nitrogens with zero attached hydrogens (tertiary/aromatic N) is 2. The van der Waals surface area contributed by atoms with E-state index in [0.717, 1.165) is 18.5 Å². The number of amides is 1. The van der Waals surface area contributed by atoms with Crippen molar-refractivity contribution in [2.24, 2.45) is 5.73 Å². The molecule has 2 N–H and O–H groups in total. The van der Waals surface area contributed by atoms with Crippen molar-refractivity contribution in [1.29, 1.82) is 0 Å². The van der Waals surface area contributed by atoms with Gasteiger partial charge in [-0.15, -0.1) is 0 Å². The number of carbonyl (C=O) groups is 3. The van der Waals surface area contributed by atoms with Crippen molar-refractivity contribution in [3.63, 3.8) is 0 Å². The van der Waals surface area contributed by atoms with Gasteiger partial charge in [-0.1, -0.05) is 11.6 Å². The molecule has 2 heterocycles. The summed E-state index contributed by atoms with van der Waals surface area (Å²) in [4.78, 5) is 36.8. The minimum absolute atomic E-state index is 0.140. The van der Waals surface area contributed by atoms with Crippen LogP contribution in [0.1, 0.15) is 54.1 Å². The summed E-state index contributed by atoms with van der Waals surface area (Å²) in [5.74, 6) is -2.59. The molecular formula is C17H18Cl3F2N3O3. The van der Waals surface area contributed by atoms with Crippen LogP contribution in [-0.4, -0.2) is 40.4 Å². The van der Waals surface area contributed by atoms with Crippen LogP contribution < -0.4 is 10.6 Å². The molecule has 0 atom stereocenters. The van der Waals surface area contributed by atoms with Gasteiger partial charge in [-0.2, -0.15) is 0 Å². The van der Waals surface area contributed by atoms with E-state index in [4.69, 9.17) is 17.3 Å². The number of aromatic nitrogens is 1. The maximum absolute atomic E-state index is 13.5. The number of rotatable bonds is 4. The zero-order valence-corrected chi connectivity index (χ0v) is 17.0. The lowest BCUT2D eigenvalue weighted by Crippen LogP contribution is -2.30. The number of pyridine rings is 1. The molecule has 1 amide bonds. The van der Waals surface area contributed by atoms with Crippen molar-refractivity contribution in [3.05, 3.63) is 22.3 Å². The highest BCUT2D eigenvalue weighted by molar-refractivity contribution is 6.97. The topological polar surface area (TPSA) is 93.4 Å². The van der Waals surface area contributed by atoms with Gasteiger partial charge in [-0.25, -0.2) is 13.8 Å². The van der Waals surface area contributed by atoms with E-state index >= 15 is 0 Å². The van der Waals surface area contributed by atoms with Crippen molar-refractivity contribution in [1.82, 2.24) is 4.98 Å². The SMILES string of the molecule is NC(=O)c1cc(Cl)c(C2CC2)nc1N1CCCC(F)(F)CC1.O=C(Cl)C(=O)Cl. The van der Waals surface area contributed by atoms with Crippen LogP contribution in [0, 0.1) is 0 Å². The van der Waals surface area contributed by atoms with Crippen molar-refractivity contribution in [3.8, 4) is 0 Å². The lowest BCUT2D eigenvalue weighted by molar-refractivity contribution is -0.127. The Morgan fingerprint density at radius 2 is 1.75 bits per heavy atom. The molecule has 11 heteroatoms. The van der Waals surface area contributed by atoms with Crippen LogP contribution in [0.25, 0.3) is 0 Å². The third kappa shape index (κ3) is 6.25. The first kappa shape index (κ1) is 22.8. The molecule has 0 spiro atoms. The van der Waals surface area contributed by atoms with Crippen molar-refractivity contribution in [2.45, 2.75) is 43.9 Å². The summed E-state index contributed by atoms with van der Waals surface area (Å²) in [7, 11) is 0.